The van der Waals surface area contributed by atoms with Crippen LogP contribution in [0, 0.1) is 0 Å². The van der Waals surface area contributed by atoms with Gasteiger partial charge in [-0.3, -0.25) is 0 Å². The zero-order valence-corrected chi connectivity index (χ0v) is 10.2. The molecule has 0 saturated heterocycles. The number of benzene rings is 1. The van der Waals surface area contributed by atoms with Gasteiger partial charge in [0, 0.05) is 31.6 Å². The van der Waals surface area contributed by atoms with E-state index in [9.17, 15) is 5.11 Å². The van der Waals surface area contributed by atoms with Crippen molar-refractivity contribution in [2.24, 2.45) is 0 Å². The van der Waals surface area contributed by atoms with Crippen molar-refractivity contribution in [1.82, 2.24) is 0 Å². The fraction of sp³-hybridized carbons (Fsp3) is 0.538. The molecule has 1 heterocycles. The lowest BCUT2D eigenvalue weighted by atomic mass is 9.99. The molecule has 1 aliphatic rings. The molecule has 0 fully saturated rings. The summed E-state index contributed by atoms with van der Waals surface area (Å²) in [7, 11) is 1.60. The molecule has 0 aliphatic carbocycles. The first-order valence-electron chi connectivity index (χ1n) is 6.01. The molecule has 1 aromatic rings. The molecule has 1 atom stereocenters. The van der Waals surface area contributed by atoms with Gasteiger partial charge in [-0.05, 0) is 30.5 Å². The summed E-state index contributed by atoms with van der Waals surface area (Å²) in [6.07, 6.45) is 1.66. The minimum absolute atomic E-state index is 0.369. The Hall–Kier alpha value is -1.26. The molecule has 1 aliphatic heterocycles. The monoisotopic (exact) mass is 236 g/mol. The van der Waals surface area contributed by atoms with Crippen molar-refractivity contribution in [2.75, 3.05) is 37.4 Å². The van der Waals surface area contributed by atoms with Crippen molar-refractivity contribution in [3.63, 3.8) is 0 Å². The number of anilines is 2. The average Bonchev–Trinajstić information content (AvgIpc) is 2.31. The Morgan fingerprint density at radius 1 is 1.53 bits per heavy atom. The van der Waals surface area contributed by atoms with Crippen LogP contribution in [0.3, 0.4) is 0 Å². The number of hydrogen-bond acceptors (Lipinski definition) is 4. The second-order valence-corrected chi connectivity index (χ2v) is 4.50. The van der Waals surface area contributed by atoms with E-state index in [2.05, 4.69) is 11.0 Å². The van der Waals surface area contributed by atoms with E-state index in [4.69, 9.17) is 10.5 Å². The van der Waals surface area contributed by atoms with Crippen molar-refractivity contribution in [3.8, 4) is 0 Å². The highest BCUT2D eigenvalue weighted by molar-refractivity contribution is 5.66. The van der Waals surface area contributed by atoms with Crippen LogP contribution in [-0.4, -0.2) is 38.0 Å². The maximum Gasteiger partial charge on any atom is 0.0947 e. The smallest absolute Gasteiger partial charge is 0.0947 e. The molecule has 0 radical (unpaired) electrons. The molecule has 0 bridgehead atoms. The first kappa shape index (κ1) is 12.2. The lowest BCUT2D eigenvalue weighted by molar-refractivity contribution is 0.0686. The Morgan fingerprint density at radius 2 is 2.35 bits per heavy atom. The summed E-state index contributed by atoms with van der Waals surface area (Å²) in [5, 5.41) is 9.80. The van der Waals surface area contributed by atoms with E-state index in [1.54, 1.807) is 7.11 Å². The SMILES string of the molecule is COCC(O)CN1CCCc2c(N)cccc21. The van der Waals surface area contributed by atoms with E-state index in [0.717, 1.165) is 30.8 Å². The second kappa shape index (κ2) is 5.38. The molecule has 0 amide bonds. The van der Waals surface area contributed by atoms with Crippen molar-refractivity contribution in [2.45, 2.75) is 18.9 Å². The Labute approximate surface area is 102 Å². The summed E-state index contributed by atoms with van der Waals surface area (Å²) in [6.45, 7) is 1.94. The van der Waals surface area contributed by atoms with Crippen LogP contribution in [0.25, 0.3) is 0 Å². The molecule has 3 N–H and O–H groups in total. The number of nitrogens with zero attached hydrogens (tertiary/aromatic N) is 1. The van der Waals surface area contributed by atoms with Crippen LogP contribution in [0.5, 0.6) is 0 Å². The average molecular weight is 236 g/mol. The van der Waals surface area contributed by atoms with E-state index >= 15 is 0 Å². The van der Waals surface area contributed by atoms with Gasteiger partial charge in [0.15, 0.2) is 0 Å². The van der Waals surface area contributed by atoms with Crippen molar-refractivity contribution in [1.29, 1.82) is 0 Å². The zero-order chi connectivity index (χ0) is 12.3. The molecular weight excluding hydrogens is 216 g/mol. The Balaban J connectivity index is 2.14. The lowest BCUT2D eigenvalue weighted by Gasteiger charge is -2.33. The fourth-order valence-electron chi connectivity index (χ4n) is 2.42. The van der Waals surface area contributed by atoms with E-state index in [0.29, 0.717) is 13.2 Å². The lowest BCUT2D eigenvalue weighted by Crippen LogP contribution is -2.38. The topological polar surface area (TPSA) is 58.7 Å². The number of hydrogen-bond donors (Lipinski definition) is 2. The van der Waals surface area contributed by atoms with Crippen LogP contribution in [0.4, 0.5) is 11.4 Å². The number of aliphatic hydroxyl groups is 1. The molecular formula is C13H20N2O2. The van der Waals surface area contributed by atoms with Gasteiger partial charge in [0.05, 0.1) is 12.7 Å². The molecule has 1 aromatic carbocycles. The Kier molecular flexibility index (Phi) is 3.86. The molecule has 4 nitrogen and oxygen atoms in total. The van der Waals surface area contributed by atoms with Crippen molar-refractivity contribution < 1.29 is 9.84 Å². The second-order valence-electron chi connectivity index (χ2n) is 4.50. The summed E-state index contributed by atoms with van der Waals surface area (Å²) in [6, 6.07) is 5.98. The first-order chi connectivity index (χ1) is 8.22. The number of rotatable bonds is 4. The molecule has 1 unspecified atom stereocenters. The van der Waals surface area contributed by atoms with Crippen LogP contribution in [-0.2, 0) is 11.2 Å². The Morgan fingerprint density at radius 3 is 3.12 bits per heavy atom. The number of fused-ring (bicyclic) bond motifs is 1. The minimum atomic E-state index is -0.451. The van der Waals surface area contributed by atoms with E-state index in [1.165, 1.54) is 5.56 Å². The van der Waals surface area contributed by atoms with Gasteiger partial charge in [-0.15, -0.1) is 0 Å². The van der Waals surface area contributed by atoms with Crippen LogP contribution >= 0.6 is 0 Å². The van der Waals surface area contributed by atoms with Gasteiger partial charge in [-0.2, -0.15) is 0 Å². The molecule has 4 heteroatoms. The minimum Gasteiger partial charge on any atom is -0.398 e. The van der Waals surface area contributed by atoms with Crippen molar-refractivity contribution in [3.05, 3.63) is 23.8 Å². The number of nitrogen functional groups attached to an aromatic ring is 1. The standard InChI is InChI=1S/C13H20N2O2/c1-17-9-10(16)8-15-7-3-4-11-12(14)5-2-6-13(11)15/h2,5-6,10,16H,3-4,7-9,14H2,1H3. The van der Waals surface area contributed by atoms with Gasteiger partial charge in [-0.1, -0.05) is 6.07 Å². The molecule has 2 rings (SSSR count). The van der Waals surface area contributed by atoms with Gasteiger partial charge in [0.2, 0.25) is 0 Å². The number of aliphatic hydroxyl groups excluding tert-OH is 1. The van der Waals surface area contributed by atoms with Crippen LogP contribution in [0.2, 0.25) is 0 Å². The first-order valence-corrected chi connectivity index (χ1v) is 6.01. The van der Waals surface area contributed by atoms with Gasteiger partial charge >= 0.3 is 0 Å². The maximum atomic E-state index is 9.80. The fourth-order valence-corrected chi connectivity index (χ4v) is 2.42. The van der Waals surface area contributed by atoms with Gasteiger partial charge in [0.25, 0.3) is 0 Å². The highest BCUT2D eigenvalue weighted by Crippen LogP contribution is 2.31. The van der Waals surface area contributed by atoms with Gasteiger partial charge in [-0.25, -0.2) is 0 Å². The Bertz CT molecular complexity index is 382. The van der Waals surface area contributed by atoms with Gasteiger partial charge < -0.3 is 20.5 Å². The number of β-amino-alcohol motifs (C(OH)–C–C–N with tert-alkyl or cyclic N) is 1. The summed E-state index contributed by atoms with van der Waals surface area (Å²) in [5.41, 5.74) is 9.20. The third kappa shape index (κ3) is 2.70. The van der Waals surface area contributed by atoms with Crippen LogP contribution in [0.1, 0.15) is 12.0 Å². The summed E-state index contributed by atoms with van der Waals surface area (Å²) in [5.74, 6) is 0. The van der Waals surface area contributed by atoms with Crippen LogP contribution in [0.15, 0.2) is 18.2 Å². The van der Waals surface area contributed by atoms with Crippen LogP contribution < -0.4 is 10.6 Å². The summed E-state index contributed by atoms with van der Waals surface area (Å²) in [4.78, 5) is 2.19. The van der Waals surface area contributed by atoms with Gasteiger partial charge in [0.1, 0.15) is 0 Å². The molecule has 0 spiro atoms. The molecule has 0 saturated carbocycles. The molecule has 94 valence electrons. The predicted molar refractivity (Wildman–Crippen MR) is 69.3 cm³/mol. The van der Waals surface area contributed by atoms with Crippen molar-refractivity contribution >= 4 is 11.4 Å². The zero-order valence-electron chi connectivity index (χ0n) is 10.2. The highest BCUT2D eigenvalue weighted by Gasteiger charge is 2.20. The number of ether oxygens (including phenoxy) is 1. The normalized spacial score (nSPS) is 16.7. The predicted octanol–water partition coefficient (Wildman–Crippen LogP) is 1.03. The number of nitrogens with two attached hydrogens (primary N) is 1. The van der Waals surface area contributed by atoms with E-state index < -0.39 is 6.10 Å². The number of methoxy groups -OCH3 is 1. The third-order valence-corrected chi connectivity index (χ3v) is 3.17. The maximum absolute atomic E-state index is 9.80. The highest BCUT2D eigenvalue weighted by atomic mass is 16.5. The quantitative estimate of drug-likeness (QED) is 0.767. The molecule has 17 heavy (non-hydrogen) atoms. The largest absolute Gasteiger partial charge is 0.398 e. The third-order valence-electron chi connectivity index (χ3n) is 3.17. The van der Waals surface area contributed by atoms with E-state index in [1.807, 2.05) is 12.1 Å². The summed E-state index contributed by atoms with van der Waals surface area (Å²) >= 11 is 0. The van der Waals surface area contributed by atoms with E-state index in [-0.39, 0.29) is 0 Å². The molecule has 0 aromatic heterocycles. The summed E-state index contributed by atoms with van der Waals surface area (Å²) < 4.78 is 4.96.